The minimum absolute atomic E-state index is 0.408. The molecule has 1 N–H and O–H groups in total. The van der Waals surface area contributed by atoms with Gasteiger partial charge in [0.1, 0.15) is 0 Å². The van der Waals surface area contributed by atoms with E-state index in [0.717, 1.165) is 17.6 Å². The van der Waals surface area contributed by atoms with E-state index < -0.39 is 11.8 Å². The molecule has 5 rings (SSSR count). The van der Waals surface area contributed by atoms with Gasteiger partial charge in [-0.3, -0.25) is 14.9 Å². The molecular formula is C27H22N4O2. The van der Waals surface area contributed by atoms with Crippen molar-refractivity contribution in [1.82, 2.24) is 19.4 Å². The molecule has 0 saturated heterocycles. The largest absolute Gasteiger partial charge is 0.343 e. The molecular weight excluding hydrogens is 412 g/mol. The van der Waals surface area contributed by atoms with E-state index in [2.05, 4.69) is 37.8 Å². The number of para-hydroxylation sites is 1. The lowest BCUT2D eigenvalue weighted by molar-refractivity contribution is 0.0849. The molecule has 0 saturated carbocycles. The number of benzene rings is 3. The Morgan fingerprint density at radius 2 is 1.48 bits per heavy atom. The van der Waals surface area contributed by atoms with Crippen molar-refractivity contribution in [3.63, 3.8) is 0 Å². The Bertz CT molecular complexity index is 1400. The first-order valence-electron chi connectivity index (χ1n) is 10.7. The molecule has 2 heterocycles. The first kappa shape index (κ1) is 20.5. The van der Waals surface area contributed by atoms with Gasteiger partial charge >= 0.3 is 0 Å². The van der Waals surface area contributed by atoms with Crippen LogP contribution in [0.25, 0.3) is 10.9 Å². The maximum atomic E-state index is 12.5. The Labute approximate surface area is 191 Å². The highest BCUT2D eigenvalue weighted by Crippen LogP contribution is 2.23. The summed E-state index contributed by atoms with van der Waals surface area (Å²) in [5.74, 6) is -0.821. The van der Waals surface area contributed by atoms with E-state index in [4.69, 9.17) is 0 Å². The Balaban J connectivity index is 1.32. The number of hydrogen-bond acceptors (Lipinski definition) is 3. The molecule has 0 atom stereocenters. The number of carbonyl (C=O) groups excluding carboxylic acids is 2. The van der Waals surface area contributed by atoms with Gasteiger partial charge in [0.05, 0.1) is 12.9 Å². The van der Waals surface area contributed by atoms with Gasteiger partial charge in [0.25, 0.3) is 11.8 Å². The van der Waals surface area contributed by atoms with Crippen LogP contribution in [0.4, 0.5) is 0 Å². The normalized spacial score (nSPS) is 10.9. The number of amides is 2. The lowest BCUT2D eigenvalue weighted by Crippen LogP contribution is -2.30. The van der Waals surface area contributed by atoms with Crippen LogP contribution >= 0.6 is 0 Å². The Kier molecular flexibility index (Phi) is 5.55. The second-order valence-electron chi connectivity index (χ2n) is 7.88. The standard InChI is InChI=1S/C27H22N4O2/c32-26(21-6-2-1-3-7-21)29-27(33)22-12-10-20(11-13-22)16-31-18-23(17-30-15-14-28-19-30)24-8-4-5-9-25(24)31/h1-15,18-19H,16-17H2,(H,29,32,33). The van der Waals surface area contributed by atoms with Crippen molar-refractivity contribution in [2.45, 2.75) is 13.1 Å². The van der Waals surface area contributed by atoms with Crippen LogP contribution in [0, 0.1) is 0 Å². The van der Waals surface area contributed by atoms with Crippen molar-refractivity contribution in [2.75, 3.05) is 0 Å². The monoisotopic (exact) mass is 434 g/mol. The molecule has 0 aliphatic carbocycles. The third-order valence-corrected chi connectivity index (χ3v) is 5.62. The molecule has 5 aromatic rings. The highest BCUT2D eigenvalue weighted by molar-refractivity contribution is 6.10. The van der Waals surface area contributed by atoms with Crippen molar-refractivity contribution >= 4 is 22.7 Å². The molecule has 0 bridgehead atoms. The lowest BCUT2D eigenvalue weighted by Gasteiger charge is -2.08. The summed E-state index contributed by atoms with van der Waals surface area (Å²) in [6.45, 7) is 1.43. The zero-order valence-electron chi connectivity index (χ0n) is 17.9. The predicted octanol–water partition coefficient (Wildman–Crippen LogP) is 4.50. The molecule has 2 amide bonds. The van der Waals surface area contributed by atoms with E-state index in [1.54, 1.807) is 42.6 Å². The van der Waals surface area contributed by atoms with Crippen LogP contribution in [0.1, 0.15) is 31.8 Å². The highest BCUT2D eigenvalue weighted by atomic mass is 16.2. The topological polar surface area (TPSA) is 68.9 Å². The van der Waals surface area contributed by atoms with Gasteiger partial charge in [-0.05, 0) is 41.5 Å². The summed E-state index contributed by atoms with van der Waals surface area (Å²) in [6, 6.07) is 24.4. The summed E-state index contributed by atoms with van der Waals surface area (Å²) >= 11 is 0. The van der Waals surface area contributed by atoms with Gasteiger partial charge in [-0.15, -0.1) is 0 Å². The van der Waals surface area contributed by atoms with Crippen molar-refractivity contribution < 1.29 is 9.59 Å². The van der Waals surface area contributed by atoms with Gasteiger partial charge < -0.3 is 9.13 Å². The van der Waals surface area contributed by atoms with Crippen LogP contribution in [-0.4, -0.2) is 25.9 Å². The third kappa shape index (κ3) is 4.45. The molecule has 6 nitrogen and oxygen atoms in total. The predicted molar refractivity (Wildman–Crippen MR) is 127 cm³/mol. The fraction of sp³-hybridized carbons (Fsp3) is 0.0741. The lowest BCUT2D eigenvalue weighted by atomic mass is 10.1. The molecule has 0 aliphatic rings. The van der Waals surface area contributed by atoms with Crippen molar-refractivity contribution in [1.29, 1.82) is 0 Å². The van der Waals surface area contributed by atoms with Gasteiger partial charge in [0, 0.05) is 47.2 Å². The highest BCUT2D eigenvalue weighted by Gasteiger charge is 2.13. The number of rotatable bonds is 6. The Morgan fingerprint density at radius 3 is 2.21 bits per heavy atom. The average Bonchev–Trinajstić information content (AvgIpc) is 3.49. The first-order chi connectivity index (χ1) is 16.2. The first-order valence-corrected chi connectivity index (χ1v) is 10.7. The Morgan fingerprint density at radius 1 is 0.788 bits per heavy atom. The van der Waals surface area contributed by atoms with Gasteiger partial charge in [-0.1, -0.05) is 48.5 Å². The molecule has 0 unspecified atom stereocenters. The fourth-order valence-electron chi connectivity index (χ4n) is 3.95. The van der Waals surface area contributed by atoms with E-state index in [1.807, 2.05) is 42.9 Å². The summed E-state index contributed by atoms with van der Waals surface area (Å²) in [7, 11) is 0. The van der Waals surface area contributed by atoms with Crippen LogP contribution in [-0.2, 0) is 13.1 Å². The van der Waals surface area contributed by atoms with E-state index in [9.17, 15) is 9.59 Å². The number of nitrogens with zero attached hydrogens (tertiary/aromatic N) is 3. The summed E-state index contributed by atoms with van der Waals surface area (Å²) in [5.41, 5.74) is 4.34. The third-order valence-electron chi connectivity index (χ3n) is 5.62. The van der Waals surface area contributed by atoms with Crippen LogP contribution in [0.15, 0.2) is 104 Å². The van der Waals surface area contributed by atoms with Crippen LogP contribution in [0.5, 0.6) is 0 Å². The molecule has 0 radical (unpaired) electrons. The summed E-state index contributed by atoms with van der Waals surface area (Å²) in [5, 5.41) is 3.65. The van der Waals surface area contributed by atoms with E-state index in [1.165, 1.54) is 10.9 Å². The van der Waals surface area contributed by atoms with E-state index >= 15 is 0 Å². The van der Waals surface area contributed by atoms with E-state index in [-0.39, 0.29) is 0 Å². The van der Waals surface area contributed by atoms with Gasteiger partial charge in [0.15, 0.2) is 0 Å². The molecule has 33 heavy (non-hydrogen) atoms. The number of carbonyl (C=O) groups is 2. The van der Waals surface area contributed by atoms with E-state index in [0.29, 0.717) is 17.7 Å². The van der Waals surface area contributed by atoms with Crippen molar-refractivity contribution in [3.8, 4) is 0 Å². The number of imidazole rings is 1. The number of nitrogens with one attached hydrogen (secondary N) is 1. The van der Waals surface area contributed by atoms with Gasteiger partial charge in [-0.25, -0.2) is 4.98 Å². The average molecular weight is 434 g/mol. The molecule has 2 aromatic heterocycles. The molecule has 6 heteroatoms. The zero-order chi connectivity index (χ0) is 22.6. The molecule has 0 spiro atoms. The van der Waals surface area contributed by atoms with Crippen molar-refractivity contribution in [3.05, 3.63) is 126 Å². The maximum Gasteiger partial charge on any atom is 0.258 e. The minimum atomic E-state index is -0.413. The molecule has 0 fully saturated rings. The van der Waals surface area contributed by atoms with Gasteiger partial charge in [0.2, 0.25) is 0 Å². The fourth-order valence-corrected chi connectivity index (χ4v) is 3.95. The second-order valence-corrected chi connectivity index (χ2v) is 7.88. The summed E-state index contributed by atoms with van der Waals surface area (Å²) in [4.78, 5) is 28.9. The van der Waals surface area contributed by atoms with Crippen LogP contribution in [0.2, 0.25) is 0 Å². The summed E-state index contributed by atoms with van der Waals surface area (Å²) < 4.78 is 4.27. The number of aromatic nitrogens is 3. The van der Waals surface area contributed by atoms with Gasteiger partial charge in [-0.2, -0.15) is 0 Å². The Hall–Kier alpha value is -4.45. The summed E-state index contributed by atoms with van der Waals surface area (Å²) in [6.07, 6.45) is 7.73. The van der Waals surface area contributed by atoms with Crippen LogP contribution in [0.3, 0.4) is 0 Å². The van der Waals surface area contributed by atoms with Crippen LogP contribution < -0.4 is 5.32 Å². The second kappa shape index (κ2) is 8.96. The number of fused-ring (bicyclic) bond motifs is 1. The van der Waals surface area contributed by atoms with Crippen molar-refractivity contribution in [2.24, 2.45) is 0 Å². The molecule has 0 aliphatic heterocycles. The smallest absolute Gasteiger partial charge is 0.258 e. The quantitative estimate of drug-likeness (QED) is 0.400. The molecule has 162 valence electrons. The number of imide groups is 1. The zero-order valence-corrected chi connectivity index (χ0v) is 17.9. The minimum Gasteiger partial charge on any atom is -0.343 e. The molecule has 3 aromatic carbocycles. The number of hydrogen-bond donors (Lipinski definition) is 1. The SMILES string of the molecule is O=C(NC(=O)c1ccc(Cn2cc(Cn3ccnc3)c3ccccc32)cc1)c1ccccc1. The maximum absolute atomic E-state index is 12.5.